The summed E-state index contributed by atoms with van der Waals surface area (Å²) in [5, 5.41) is 31.7. The summed E-state index contributed by atoms with van der Waals surface area (Å²) in [4.78, 5) is 12.7. The van der Waals surface area contributed by atoms with Crippen LogP contribution in [-0.2, 0) is 6.42 Å². The molecule has 3 N–H and O–H groups in total. The highest BCUT2D eigenvalue weighted by Gasteiger charge is 2.29. The van der Waals surface area contributed by atoms with E-state index < -0.39 is 5.60 Å². The second kappa shape index (κ2) is 10.7. The molecule has 0 aromatic heterocycles. The van der Waals surface area contributed by atoms with Crippen LogP contribution in [0.2, 0.25) is 0 Å². The molecule has 0 aliphatic carbocycles. The van der Waals surface area contributed by atoms with Crippen molar-refractivity contribution >= 4 is 17.9 Å². The summed E-state index contributed by atoms with van der Waals surface area (Å²) in [6.45, 7) is 9.93. The summed E-state index contributed by atoms with van der Waals surface area (Å²) >= 11 is 0. The number of hydrogen-bond acceptors (Lipinski definition) is 5. The average Bonchev–Trinajstić information content (AvgIpc) is 2.78. The summed E-state index contributed by atoms with van der Waals surface area (Å²) in [5.74, 6) is -0.0224. The Morgan fingerprint density at radius 3 is 2.34 bits per heavy atom. The third kappa shape index (κ3) is 6.44. The number of carbonyl (C=O) groups excluding carboxylic acids is 1. The Labute approximate surface area is 207 Å². The van der Waals surface area contributed by atoms with E-state index in [4.69, 9.17) is 4.74 Å². The molecule has 184 valence electrons. The lowest BCUT2D eigenvalue weighted by molar-refractivity contribution is 0.104. The zero-order valence-corrected chi connectivity index (χ0v) is 21.1. The van der Waals surface area contributed by atoms with Crippen LogP contribution < -0.4 is 4.74 Å². The molecule has 1 aliphatic heterocycles. The van der Waals surface area contributed by atoms with Gasteiger partial charge in [-0.2, -0.15) is 0 Å². The van der Waals surface area contributed by atoms with Gasteiger partial charge in [0.25, 0.3) is 0 Å². The molecular weight excluding hydrogens is 440 g/mol. The summed E-state index contributed by atoms with van der Waals surface area (Å²) < 4.78 is 6.10. The monoisotopic (exact) mass is 474 g/mol. The zero-order valence-electron chi connectivity index (χ0n) is 21.1. The maximum Gasteiger partial charge on any atom is 0.185 e. The van der Waals surface area contributed by atoms with Gasteiger partial charge in [0.15, 0.2) is 5.78 Å². The molecule has 35 heavy (non-hydrogen) atoms. The number of ether oxygens (including phenoxy) is 1. The fraction of sp³-hybridized carbons (Fsp3) is 0.300. The molecule has 0 fully saturated rings. The Bertz CT molecular complexity index is 1220. The fourth-order valence-corrected chi connectivity index (χ4v) is 3.84. The van der Waals surface area contributed by atoms with Gasteiger partial charge < -0.3 is 20.1 Å². The van der Waals surface area contributed by atoms with E-state index in [1.807, 2.05) is 32.9 Å². The number of carbonyl (C=O) groups is 1. The predicted molar refractivity (Wildman–Crippen MR) is 141 cm³/mol. The smallest absolute Gasteiger partial charge is 0.185 e. The van der Waals surface area contributed by atoms with Crippen molar-refractivity contribution < 1.29 is 24.9 Å². The number of fused-ring (bicyclic) bond motifs is 1. The summed E-state index contributed by atoms with van der Waals surface area (Å²) in [7, 11) is 0. The van der Waals surface area contributed by atoms with Crippen molar-refractivity contribution in [3.05, 3.63) is 82.0 Å². The highest BCUT2D eigenvalue weighted by Crippen LogP contribution is 2.47. The number of rotatable bonds is 8. The Balaban J connectivity index is 2.00. The van der Waals surface area contributed by atoms with Crippen LogP contribution in [0, 0.1) is 0 Å². The van der Waals surface area contributed by atoms with E-state index >= 15 is 0 Å². The molecule has 0 spiro atoms. The van der Waals surface area contributed by atoms with Gasteiger partial charge in [0.05, 0.1) is 11.1 Å². The fourth-order valence-electron chi connectivity index (χ4n) is 3.84. The number of hydrogen-bond donors (Lipinski definition) is 3. The first kappa shape index (κ1) is 25.9. The van der Waals surface area contributed by atoms with Gasteiger partial charge in [-0.15, -0.1) is 0 Å². The van der Waals surface area contributed by atoms with Crippen LogP contribution in [0.1, 0.15) is 74.5 Å². The van der Waals surface area contributed by atoms with Gasteiger partial charge in [-0.25, -0.2) is 0 Å². The van der Waals surface area contributed by atoms with Crippen molar-refractivity contribution in [2.24, 2.45) is 0 Å². The van der Waals surface area contributed by atoms with Gasteiger partial charge in [-0.3, -0.25) is 4.79 Å². The number of allylic oxidation sites excluding steroid dienone is 5. The molecule has 5 nitrogen and oxygen atoms in total. The van der Waals surface area contributed by atoms with Crippen LogP contribution in [0.5, 0.6) is 23.0 Å². The Kier molecular flexibility index (Phi) is 7.90. The van der Waals surface area contributed by atoms with Crippen LogP contribution >= 0.6 is 0 Å². The van der Waals surface area contributed by atoms with E-state index in [0.29, 0.717) is 34.4 Å². The van der Waals surface area contributed by atoms with Crippen LogP contribution in [-0.4, -0.2) is 26.7 Å². The lowest BCUT2D eigenvalue weighted by Crippen LogP contribution is -2.28. The number of phenolic OH excluding ortho intramolecular Hbond substituents is 3. The molecule has 0 radical (unpaired) electrons. The number of aromatic hydroxyl groups is 3. The van der Waals surface area contributed by atoms with Crippen LogP contribution in [0.15, 0.2) is 59.7 Å². The van der Waals surface area contributed by atoms with E-state index in [2.05, 4.69) is 19.9 Å². The van der Waals surface area contributed by atoms with Crippen molar-refractivity contribution in [3.8, 4) is 23.0 Å². The summed E-state index contributed by atoms with van der Waals surface area (Å²) in [6.07, 6.45) is 12.9. The normalized spacial score (nSPS) is 14.5. The Morgan fingerprint density at radius 2 is 1.69 bits per heavy atom. The molecule has 1 aliphatic rings. The second-order valence-corrected chi connectivity index (χ2v) is 9.69. The van der Waals surface area contributed by atoms with Gasteiger partial charge in [0, 0.05) is 11.1 Å². The van der Waals surface area contributed by atoms with Gasteiger partial charge in [-0.1, -0.05) is 23.3 Å². The molecular formula is C30H34O5. The number of benzene rings is 2. The van der Waals surface area contributed by atoms with Gasteiger partial charge in [0.1, 0.15) is 28.6 Å². The van der Waals surface area contributed by atoms with Crippen LogP contribution in [0.4, 0.5) is 0 Å². The van der Waals surface area contributed by atoms with Gasteiger partial charge >= 0.3 is 0 Å². The molecule has 0 amide bonds. The standard InChI is InChI=1S/C30H34O5/c1-19(2)7-6-8-20(3)9-14-23-27(33)24(15-16-26(32)21-10-12-22(31)13-11-21)29-25(28(23)34)17-18-30(4,5)35-29/h7,9-13,15-18,31,33-34H,6,8,14H2,1-5H3/b16-15+,20-9+. The first-order valence-electron chi connectivity index (χ1n) is 11.8. The summed E-state index contributed by atoms with van der Waals surface area (Å²) in [5.41, 5.74) is 3.40. The molecule has 0 bridgehead atoms. The van der Waals surface area contributed by atoms with E-state index in [0.717, 1.165) is 18.4 Å². The Hall–Kier alpha value is -3.73. The lowest BCUT2D eigenvalue weighted by atomic mass is 9.93. The van der Waals surface area contributed by atoms with E-state index in [-0.39, 0.29) is 23.0 Å². The molecule has 3 rings (SSSR count). The lowest BCUT2D eigenvalue weighted by Gasteiger charge is -2.30. The molecule has 0 saturated heterocycles. The number of phenols is 3. The van der Waals surface area contributed by atoms with Crippen molar-refractivity contribution in [2.45, 2.75) is 59.5 Å². The molecule has 0 saturated carbocycles. The topological polar surface area (TPSA) is 87.0 Å². The minimum Gasteiger partial charge on any atom is -0.508 e. The predicted octanol–water partition coefficient (Wildman–Crippen LogP) is 7.12. The molecule has 2 aromatic carbocycles. The third-order valence-electron chi connectivity index (χ3n) is 5.89. The van der Waals surface area contributed by atoms with Gasteiger partial charge in [0.2, 0.25) is 0 Å². The van der Waals surface area contributed by atoms with Crippen LogP contribution in [0.25, 0.3) is 12.2 Å². The van der Waals surface area contributed by atoms with E-state index in [1.54, 1.807) is 6.08 Å². The van der Waals surface area contributed by atoms with Gasteiger partial charge in [-0.05, 0) is 102 Å². The molecule has 0 unspecified atom stereocenters. The first-order valence-corrected chi connectivity index (χ1v) is 11.8. The highest BCUT2D eigenvalue weighted by atomic mass is 16.5. The molecule has 1 heterocycles. The second-order valence-electron chi connectivity index (χ2n) is 9.69. The molecule has 2 aromatic rings. The van der Waals surface area contributed by atoms with E-state index in [9.17, 15) is 20.1 Å². The largest absolute Gasteiger partial charge is 0.508 e. The number of ketones is 1. The average molecular weight is 475 g/mol. The minimum atomic E-state index is -0.641. The summed E-state index contributed by atoms with van der Waals surface area (Å²) in [6, 6.07) is 5.96. The molecule has 0 atom stereocenters. The quantitative estimate of drug-likeness (QED) is 0.215. The van der Waals surface area contributed by atoms with Crippen molar-refractivity contribution in [1.82, 2.24) is 0 Å². The third-order valence-corrected chi connectivity index (χ3v) is 5.89. The Morgan fingerprint density at radius 1 is 1.00 bits per heavy atom. The van der Waals surface area contributed by atoms with Crippen molar-refractivity contribution in [1.29, 1.82) is 0 Å². The van der Waals surface area contributed by atoms with Crippen molar-refractivity contribution in [2.75, 3.05) is 0 Å². The maximum absolute atomic E-state index is 12.7. The van der Waals surface area contributed by atoms with Crippen LogP contribution in [0.3, 0.4) is 0 Å². The SMILES string of the molecule is CC(C)=CCC/C(C)=C/Cc1c(O)c2c(c(/C=C/C(=O)c3ccc(O)cc3)c1O)OC(C)(C)C=C2. The van der Waals surface area contributed by atoms with E-state index in [1.165, 1.54) is 42.0 Å². The molecule has 5 heteroatoms. The zero-order chi connectivity index (χ0) is 25.8. The first-order chi connectivity index (χ1) is 16.5. The maximum atomic E-state index is 12.7. The highest BCUT2D eigenvalue weighted by molar-refractivity contribution is 6.07. The minimum absolute atomic E-state index is 0.0281. The van der Waals surface area contributed by atoms with Crippen molar-refractivity contribution in [3.63, 3.8) is 0 Å².